The van der Waals surface area contributed by atoms with Gasteiger partial charge in [0.2, 0.25) is 0 Å². The van der Waals surface area contributed by atoms with Crippen LogP contribution in [-0.2, 0) is 0 Å². The Hall–Kier alpha value is -1.59. The molecular weight excluding hydrogens is 162 g/mol. The van der Waals surface area contributed by atoms with Crippen molar-refractivity contribution in [1.29, 1.82) is 0 Å². The first-order valence-corrected chi connectivity index (χ1v) is 3.18. The number of methoxy groups -OCH3 is 3. The number of hydrogen-bond donors (Lipinski definition) is 0. The second-order valence-electron chi connectivity index (χ2n) is 1.82. The Bertz CT molecular complexity index is 266. The van der Waals surface area contributed by atoms with E-state index in [0.29, 0.717) is 0 Å². The number of aromatic nitrogens is 3. The first-order chi connectivity index (χ1) is 5.81. The highest BCUT2D eigenvalue weighted by atomic mass is 16.5. The second-order valence-corrected chi connectivity index (χ2v) is 1.82. The Morgan fingerprint density at radius 1 is 0.833 bits per heavy atom. The molecule has 0 aliphatic carbocycles. The monoisotopic (exact) mass is 171 g/mol. The van der Waals surface area contributed by atoms with Crippen LogP contribution in [-0.4, -0.2) is 36.5 Å². The minimum atomic E-state index is 0.146. The predicted octanol–water partition coefficient (Wildman–Crippen LogP) is -0.103. The topological polar surface area (TPSA) is 66.4 Å². The summed E-state index contributed by atoms with van der Waals surface area (Å²) < 4.78 is 14.4. The smallest absolute Gasteiger partial charge is 0.338 e. The Balaban J connectivity index is 3.02. The molecule has 0 N–H and O–H groups in total. The van der Waals surface area contributed by atoms with Gasteiger partial charge in [-0.1, -0.05) is 5.10 Å². The van der Waals surface area contributed by atoms with Crippen molar-refractivity contribution in [1.82, 2.24) is 15.2 Å². The van der Waals surface area contributed by atoms with Crippen molar-refractivity contribution in [3.63, 3.8) is 0 Å². The van der Waals surface area contributed by atoms with Gasteiger partial charge < -0.3 is 14.2 Å². The van der Waals surface area contributed by atoms with E-state index < -0.39 is 0 Å². The first-order valence-electron chi connectivity index (χ1n) is 3.18. The van der Waals surface area contributed by atoms with E-state index in [1.807, 2.05) is 0 Å². The zero-order valence-electron chi connectivity index (χ0n) is 7.07. The van der Waals surface area contributed by atoms with Crippen LogP contribution in [0, 0.1) is 0 Å². The fourth-order valence-corrected chi connectivity index (χ4v) is 0.636. The Morgan fingerprint density at radius 2 is 1.50 bits per heavy atom. The zero-order chi connectivity index (χ0) is 8.97. The minimum Gasteiger partial charge on any atom is -0.477 e. The lowest BCUT2D eigenvalue weighted by atomic mass is 10.7. The van der Waals surface area contributed by atoms with Crippen molar-refractivity contribution in [2.45, 2.75) is 0 Å². The van der Waals surface area contributed by atoms with Crippen LogP contribution in [0.3, 0.4) is 0 Å². The largest absolute Gasteiger partial charge is 0.477 e. The van der Waals surface area contributed by atoms with Gasteiger partial charge in [0, 0.05) is 0 Å². The van der Waals surface area contributed by atoms with E-state index in [9.17, 15) is 0 Å². The molecule has 0 bridgehead atoms. The molecule has 0 aliphatic rings. The van der Waals surface area contributed by atoms with Crippen molar-refractivity contribution in [3.8, 4) is 17.8 Å². The van der Waals surface area contributed by atoms with E-state index >= 15 is 0 Å². The minimum absolute atomic E-state index is 0.146. The third-order valence-corrected chi connectivity index (χ3v) is 1.18. The third-order valence-electron chi connectivity index (χ3n) is 1.18. The average Bonchev–Trinajstić information content (AvgIpc) is 2.16. The molecule has 0 saturated carbocycles. The molecule has 0 aromatic carbocycles. The number of ether oxygens (including phenoxy) is 3. The van der Waals surface area contributed by atoms with E-state index in [1.165, 1.54) is 21.3 Å². The van der Waals surface area contributed by atoms with Gasteiger partial charge in [0.25, 0.3) is 11.8 Å². The zero-order valence-corrected chi connectivity index (χ0v) is 7.07. The van der Waals surface area contributed by atoms with E-state index in [0.717, 1.165) is 0 Å². The fourth-order valence-electron chi connectivity index (χ4n) is 0.636. The van der Waals surface area contributed by atoms with Crippen molar-refractivity contribution in [3.05, 3.63) is 0 Å². The molecule has 1 heterocycles. The third kappa shape index (κ3) is 1.52. The van der Waals surface area contributed by atoms with E-state index in [1.54, 1.807) is 0 Å². The van der Waals surface area contributed by atoms with Crippen LogP contribution in [0.15, 0.2) is 0 Å². The molecule has 0 saturated heterocycles. The van der Waals surface area contributed by atoms with Gasteiger partial charge in [0.15, 0.2) is 0 Å². The summed E-state index contributed by atoms with van der Waals surface area (Å²) in [5.74, 6) is 0.489. The summed E-state index contributed by atoms with van der Waals surface area (Å²) in [4.78, 5) is 3.84. The van der Waals surface area contributed by atoms with Crippen molar-refractivity contribution >= 4 is 0 Å². The van der Waals surface area contributed by atoms with Crippen LogP contribution in [0.1, 0.15) is 0 Å². The Labute approximate surface area is 69.5 Å². The lowest BCUT2D eigenvalue weighted by Crippen LogP contribution is -2.01. The summed E-state index contributed by atoms with van der Waals surface area (Å²) in [6, 6.07) is 0.146. The molecule has 0 aliphatic heterocycles. The maximum absolute atomic E-state index is 4.86. The molecule has 0 unspecified atom stereocenters. The highest BCUT2D eigenvalue weighted by Crippen LogP contribution is 2.20. The number of nitrogens with zero attached hydrogens (tertiary/aromatic N) is 3. The molecule has 0 atom stereocenters. The van der Waals surface area contributed by atoms with E-state index in [-0.39, 0.29) is 17.8 Å². The molecule has 6 nitrogen and oxygen atoms in total. The fraction of sp³-hybridized carbons (Fsp3) is 0.500. The lowest BCUT2D eigenvalue weighted by molar-refractivity contribution is 0.303. The van der Waals surface area contributed by atoms with Gasteiger partial charge >= 0.3 is 6.01 Å². The van der Waals surface area contributed by atoms with Crippen LogP contribution in [0.2, 0.25) is 0 Å². The number of rotatable bonds is 3. The number of hydrogen-bond acceptors (Lipinski definition) is 6. The molecule has 1 rings (SSSR count). The van der Waals surface area contributed by atoms with E-state index in [2.05, 4.69) is 15.2 Å². The van der Waals surface area contributed by atoms with Crippen LogP contribution in [0.25, 0.3) is 0 Å². The molecule has 66 valence electrons. The first kappa shape index (κ1) is 8.51. The summed E-state index contributed by atoms with van der Waals surface area (Å²) in [5.41, 5.74) is 0. The average molecular weight is 171 g/mol. The normalized spacial score (nSPS) is 9.25. The summed E-state index contributed by atoms with van der Waals surface area (Å²) in [6.07, 6.45) is 0. The molecule has 6 heteroatoms. The highest BCUT2D eigenvalue weighted by molar-refractivity contribution is 5.24. The van der Waals surface area contributed by atoms with Gasteiger partial charge in [-0.25, -0.2) is 0 Å². The lowest BCUT2D eigenvalue weighted by Gasteiger charge is -2.03. The van der Waals surface area contributed by atoms with E-state index in [4.69, 9.17) is 14.2 Å². The Kier molecular flexibility index (Phi) is 2.62. The highest BCUT2D eigenvalue weighted by Gasteiger charge is 2.09. The summed E-state index contributed by atoms with van der Waals surface area (Å²) >= 11 is 0. The molecule has 0 spiro atoms. The van der Waals surface area contributed by atoms with Crippen LogP contribution < -0.4 is 14.2 Å². The quantitative estimate of drug-likeness (QED) is 0.632. The second kappa shape index (κ2) is 3.70. The standard InChI is InChI=1S/C6H9N3O3/c1-10-4-5(11-2)8-9-6(7-4)12-3/h1-3H3. The molecule has 0 amide bonds. The maximum Gasteiger partial charge on any atom is 0.338 e. The van der Waals surface area contributed by atoms with Crippen molar-refractivity contribution < 1.29 is 14.2 Å². The van der Waals surface area contributed by atoms with Gasteiger partial charge in [-0.15, -0.1) is 5.10 Å². The molecule has 0 fully saturated rings. The van der Waals surface area contributed by atoms with Gasteiger partial charge in [0.1, 0.15) is 0 Å². The maximum atomic E-state index is 4.86. The van der Waals surface area contributed by atoms with Crippen LogP contribution in [0.4, 0.5) is 0 Å². The summed E-state index contributed by atoms with van der Waals surface area (Å²) in [5, 5.41) is 7.24. The molecule has 0 radical (unpaired) electrons. The summed E-state index contributed by atoms with van der Waals surface area (Å²) in [7, 11) is 4.37. The van der Waals surface area contributed by atoms with Crippen LogP contribution in [0.5, 0.6) is 17.8 Å². The van der Waals surface area contributed by atoms with Gasteiger partial charge in [-0.3, -0.25) is 0 Å². The molecular formula is C6H9N3O3. The van der Waals surface area contributed by atoms with Gasteiger partial charge in [0.05, 0.1) is 21.3 Å². The molecule has 1 aromatic heterocycles. The van der Waals surface area contributed by atoms with Crippen molar-refractivity contribution in [2.24, 2.45) is 0 Å². The SMILES string of the molecule is COc1nnc(OC)c(OC)n1. The van der Waals surface area contributed by atoms with Gasteiger partial charge in [-0.2, -0.15) is 4.98 Å². The van der Waals surface area contributed by atoms with Crippen molar-refractivity contribution in [2.75, 3.05) is 21.3 Å². The predicted molar refractivity (Wildman–Crippen MR) is 39.5 cm³/mol. The Morgan fingerprint density at radius 3 is 2.00 bits per heavy atom. The van der Waals surface area contributed by atoms with Gasteiger partial charge in [-0.05, 0) is 0 Å². The molecule has 1 aromatic rings. The molecule has 12 heavy (non-hydrogen) atoms. The summed E-state index contributed by atoms with van der Waals surface area (Å²) in [6.45, 7) is 0. The van der Waals surface area contributed by atoms with Crippen LogP contribution >= 0.6 is 0 Å².